The van der Waals surface area contributed by atoms with Gasteiger partial charge < -0.3 is 19.1 Å². The van der Waals surface area contributed by atoms with Crippen molar-refractivity contribution in [2.24, 2.45) is 0 Å². The van der Waals surface area contributed by atoms with Crippen LogP contribution >= 0.6 is 0 Å². The monoisotopic (exact) mass is 326 g/mol. The molecule has 3 rings (SSSR count). The zero-order valence-electron chi connectivity index (χ0n) is 13.5. The molecule has 6 heteroatoms. The highest BCUT2D eigenvalue weighted by molar-refractivity contribution is 5.54. The van der Waals surface area contributed by atoms with Crippen molar-refractivity contribution in [2.45, 2.75) is 19.6 Å². The van der Waals surface area contributed by atoms with Crippen LogP contribution in [0.25, 0.3) is 11.5 Å². The molecule has 2 aromatic carbocycles. The maximum Gasteiger partial charge on any atom is 0.258 e. The van der Waals surface area contributed by atoms with Gasteiger partial charge in [0.25, 0.3) is 5.89 Å². The van der Waals surface area contributed by atoms with Crippen molar-refractivity contribution in [3.63, 3.8) is 0 Å². The fourth-order valence-electron chi connectivity index (χ4n) is 2.18. The summed E-state index contributed by atoms with van der Waals surface area (Å²) in [6.45, 7) is 1.89. The third kappa shape index (κ3) is 3.72. The van der Waals surface area contributed by atoms with Crippen molar-refractivity contribution in [2.75, 3.05) is 7.11 Å². The summed E-state index contributed by atoms with van der Waals surface area (Å²) in [6, 6.07) is 14.6. The standard InChI is InChI=1S/C18H18N2O4/c1-12(21)14-4-3-5-16(10-14)23-11-17-19-18(24-20-17)13-6-8-15(22-2)9-7-13/h3-10,12,21H,11H2,1-2H3. The van der Waals surface area contributed by atoms with E-state index in [2.05, 4.69) is 10.1 Å². The largest absolute Gasteiger partial charge is 0.497 e. The average molecular weight is 326 g/mol. The maximum absolute atomic E-state index is 9.60. The Balaban J connectivity index is 1.66. The van der Waals surface area contributed by atoms with Gasteiger partial charge in [-0.3, -0.25) is 0 Å². The fourth-order valence-corrected chi connectivity index (χ4v) is 2.18. The number of ether oxygens (including phenoxy) is 2. The lowest BCUT2D eigenvalue weighted by Gasteiger charge is -2.07. The minimum atomic E-state index is -0.541. The molecule has 24 heavy (non-hydrogen) atoms. The maximum atomic E-state index is 9.60. The predicted octanol–water partition coefficient (Wildman–Crippen LogP) is 3.38. The van der Waals surface area contributed by atoms with Crippen LogP contribution in [0.3, 0.4) is 0 Å². The van der Waals surface area contributed by atoms with Gasteiger partial charge in [0.05, 0.1) is 13.2 Å². The van der Waals surface area contributed by atoms with Gasteiger partial charge in [-0.25, -0.2) is 0 Å². The molecule has 0 aliphatic heterocycles. The minimum Gasteiger partial charge on any atom is -0.497 e. The Morgan fingerprint density at radius 2 is 1.92 bits per heavy atom. The van der Waals surface area contributed by atoms with Gasteiger partial charge in [0.15, 0.2) is 6.61 Å². The van der Waals surface area contributed by atoms with Crippen LogP contribution in [0.15, 0.2) is 53.1 Å². The van der Waals surface area contributed by atoms with E-state index in [4.69, 9.17) is 14.0 Å². The third-order valence-electron chi connectivity index (χ3n) is 3.51. The van der Waals surface area contributed by atoms with Crippen LogP contribution in [0.4, 0.5) is 0 Å². The van der Waals surface area contributed by atoms with Gasteiger partial charge in [-0.2, -0.15) is 4.98 Å². The van der Waals surface area contributed by atoms with Crippen LogP contribution in [0.1, 0.15) is 24.4 Å². The summed E-state index contributed by atoms with van der Waals surface area (Å²) in [6.07, 6.45) is -0.541. The van der Waals surface area contributed by atoms with E-state index in [1.807, 2.05) is 42.5 Å². The zero-order chi connectivity index (χ0) is 16.9. The van der Waals surface area contributed by atoms with E-state index < -0.39 is 6.10 Å². The molecule has 1 heterocycles. The molecular formula is C18H18N2O4. The van der Waals surface area contributed by atoms with Crippen LogP contribution in [0.2, 0.25) is 0 Å². The Labute approximate surface area is 139 Å². The van der Waals surface area contributed by atoms with Gasteiger partial charge in [0, 0.05) is 5.56 Å². The molecule has 3 aromatic rings. The molecule has 0 aliphatic rings. The second-order valence-corrected chi connectivity index (χ2v) is 5.28. The van der Waals surface area contributed by atoms with Crippen molar-refractivity contribution < 1.29 is 19.1 Å². The summed E-state index contributed by atoms with van der Waals surface area (Å²) < 4.78 is 16.0. The number of nitrogens with zero attached hydrogens (tertiary/aromatic N) is 2. The van der Waals surface area contributed by atoms with E-state index in [1.54, 1.807) is 20.1 Å². The molecule has 1 unspecified atom stereocenters. The second-order valence-electron chi connectivity index (χ2n) is 5.28. The van der Waals surface area contributed by atoms with Crippen LogP contribution < -0.4 is 9.47 Å². The Bertz CT molecular complexity index is 797. The fraction of sp³-hybridized carbons (Fsp3) is 0.222. The van der Waals surface area contributed by atoms with E-state index in [0.717, 1.165) is 16.9 Å². The molecule has 6 nitrogen and oxygen atoms in total. The highest BCUT2D eigenvalue weighted by atomic mass is 16.5. The Morgan fingerprint density at radius 1 is 1.12 bits per heavy atom. The normalized spacial score (nSPS) is 12.0. The first kappa shape index (κ1) is 16.0. The van der Waals surface area contributed by atoms with Gasteiger partial charge in [0.1, 0.15) is 11.5 Å². The summed E-state index contributed by atoms with van der Waals surface area (Å²) in [5.41, 5.74) is 1.60. The molecule has 0 fully saturated rings. The first-order valence-corrected chi connectivity index (χ1v) is 7.53. The molecular weight excluding hydrogens is 308 g/mol. The van der Waals surface area contributed by atoms with Crippen molar-refractivity contribution in [3.8, 4) is 23.0 Å². The van der Waals surface area contributed by atoms with Crippen molar-refractivity contribution >= 4 is 0 Å². The number of rotatable bonds is 6. The van der Waals surface area contributed by atoms with Crippen LogP contribution in [0.5, 0.6) is 11.5 Å². The average Bonchev–Trinajstić information content (AvgIpc) is 3.09. The SMILES string of the molecule is COc1ccc(-c2nc(COc3cccc(C(C)O)c3)no2)cc1. The Kier molecular flexibility index (Phi) is 4.77. The summed E-state index contributed by atoms with van der Waals surface area (Å²) in [4.78, 5) is 4.32. The van der Waals surface area contributed by atoms with E-state index in [1.165, 1.54) is 0 Å². The van der Waals surface area contributed by atoms with E-state index in [0.29, 0.717) is 17.5 Å². The van der Waals surface area contributed by atoms with Crippen molar-refractivity contribution in [1.29, 1.82) is 0 Å². The van der Waals surface area contributed by atoms with Crippen molar-refractivity contribution in [3.05, 3.63) is 59.9 Å². The summed E-state index contributed by atoms with van der Waals surface area (Å²) in [7, 11) is 1.61. The number of hydrogen-bond donors (Lipinski definition) is 1. The third-order valence-corrected chi connectivity index (χ3v) is 3.51. The molecule has 0 radical (unpaired) electrons. The van der Waals surface area contributed by atoms with E-state index in [-0.39, 0.29) is 6.61 Å². The molecule has 0 aliphatic carbocycles. The van der Waals surface area contributed by atoms with Gasteiger partial charge in [-0.05, 0) is 48.9 Å². The van der Waals surface area contributed by atoms with Gasteiger partial charge in [0.2, 0.25) is 5.82 Å². The van der Waals surface area contributed by atoms with Crippen LogP contribution in [-0.4, -0.2) is 22.4 Å². The molecule has 1 aromatic heterocycles. The Morgan fingerprint density at radius 3 is 2.62 bits per heavy atom. The van der Waals surface area contributed by atoms with Gasteiger partial charge >= 0.3 is 0 Å². The molecule has 124 valence electrons. The summed E-state index contributed by atoms with van der Waals surface area (Å²) in [5.74, 6) is 2.28. The molecule has 0 bridgehead atoms. The summed E-state index contributed by atoms with van der Waals surface area (Å²) >= 11 is 0. The van der Waals surface area contributed by atoms with Crippen molar-refractivity contribution in [1.82, 2.24) is 10.1 Å². The first-order chi connectivity index (χ1) is 11.7. The number of aliphatic hydroxyl groups is 1. The number of hydrogen-bond acceptors (Lipinski definition) is 6. The predicted molar refractivity (Wildman–Crippen MR) is 87.7 cm³/mol. The second kappa shape index (κ2) is 7.14. The first-order valence-electron chi connectivity index (χ1n) is 7.53. The molecule has 0 amide bonds. The molecule has 0 saturated heterocycles. The van der Waals surface area contributed by atoms with E-state index >= 15 is 0 Å². The number of aromatic nitrogens is 2. The molecule has 1 atom stereocenters. The number of aliphatic hydroxyl groups excluding tert-OH is 1. The highest BCUT2D eigenvalue weighted by Crippen LogP contribution is 2.22. The topological polar surface area (TPSA) is 77.6 Å². The van der Waals surface area contributed by atoms with Crippen LogP contribution in [-0.2, 0) is 6.61 Å². The quantitative estimate of drug-likeness (QED) is 0.748. The zero-order valence-corrected chi connectivity index (χ0v) is 13.5. The smallest absolute Gasteiger partial charge is 0.258 e. The van der Waals surface area contributed by atoms with E-state index in [9.17, 15) is 5.11 Å². The number of benzene rings is 2. The Hall–Kier alpha value is -2.86. The summed E-state index contributed by atoms with van der Waals surface area (Å²) in [5, 5.41) is 13.5. The lowest BCUT2D eigenvalue weighted by molar-refractivity contribution is 0.198. The molecule has 0 spiro atoms. The lowest BCUT2D eigenvalue weighted by Crippen LogP contribution is -1.99. The molecule has 0 saturated carbocycles. The van der Waals surface area contributed by atoms with Gasteiger partial charge in [-0.15, -0.1) is 0 Å². The molecule has 1 N–H and O–H groups in total. The van der Waals surface area contributed by atoms with Crippen LogP contribution in [0, 0.1) is 0 Å². The highest BCUT2D eigenvalue weighted by Gasteiger charge is 2.10. The number of methoxy groups -OCH3 is 1. The lowest BCUT2D eigenvalue weighted by atomic mass is 10.1. The van der Waals surface area contributed by atoms with Gasteiger partial charge in [-0.1, -0.05) is 17.3 Å². The minimum absolute atomic E-state index is 0.183.